The van der Waals surface area contributed by atoms with E-state index in [2.05, 4.69) is 48.5 Å². The second kappa shape index (κ2) is 6.06. The van der Waals surface area contributed by atoms with Gasteiger partial charge in [0.25, 0.3) is 0 Å². The van der Waals surface area contributed by atoms with E-state index < -0.39 is 0 Å². The monoisotopic (exact) mass is 245 g/mol. The molecule has 2 rings (SSSR count). The second-order valence-corrected chi connectivity index (χ2v) is 5.34. The van der Waals surface area contributed by atoms with Crippen molar-refractivity contribution in [2.45, 2.75) is 31.1 Å². The van der Waals surface area contributed by atoms with E-state index in [9.17, 15) is 0 Å². The SMILES string of the molecule is CSc1ccc(CCCC2=CC(C)=NC2)cc1. The highest BCUT2D eigenvalue weighted by atomic mass is 32.2. The van der Waals surface area contributed by atoms with Gasteiger partial charge in [0.05, 0.1) is 6.54 Å². The fourth-order valence-electron chi connectivity index (χ4n) is 2.08. The molecule has 2 heteroatoms. The summed E-state index contributed by atoms with van der Waals surface area (Å²) in [5.74, 6) is 0. The molecule has 1 aliphatic rings. The van der Waals surface area contributed by atoms with Crippen molar-refractivity contribution in [3.63, 3.8) is 0 Å². The molecule has 0 bridgehead atoms. The van der Waals surface area contributed by atoms with Gasteiger partial charge in [-0.2, -0.15) is 0 Å². The summed E-state index contributed by atoms with van der Waals surface area (Å²) >= 11 is 1.80. The fourth-order valence-corrected chi connectivity index (χ4v) is 2.48. The molecule has 17 heavy (non-hydrogen) atoms. The first-order valence-corrected chi connectivity index (χ1v) is 7.34. The maximum atomic E-state index is 4.39. The van der Waals surface area contributed by atoms with Crippen molar-refractivity contribution in [2.24, 2.45) is 4.99 Å². The van der Waals surface area contributed by atoms with Crippen LogP contribution in [0.25, 0.3) is 0 Å². The molecular formula is C15H19NS. The summed E-state index contributed by atoms with van der Waals surface area (Å²) in [6.45, 7) is 3.01. The van der Waals surface area contributed by atoms with Gasteiger partial charge >= 0.3 is 0 Å². The molecule has 1 heterocycles. The Balaban J connectivity index is 1.76. The Morgan fingerprint density at radius 1 is 1.18 bits per heavy atom. The zero-order valence-electron chi connectivity index (χ0n) is 10.6. The predicted molar refractivity (Wildman–Crippen MR) is 77.2 cm³/mol. The molecule has 0 aliphatic carbocycles. The summed E-state index contributed by atoms with van der Waals surface area (Å²) in [5, 5.41) is 0. The van der Waals surface area contributed by atoms with Crippen molar-refractivity contribution in [3.05, 3.63) is 41.5 Å². The number of allylic oxidation sites excluding steroid dienone is 1. The van der Waals surface area contributed by atoms with Crippen LogP contribution >= 0.6 is 11.8 Å². The van der Waals surface area contributed by atoms with E-state index in [1.165, 1.54) is 41.0 Å². The van der Waals surface area contributed by atoms with Crippen molar-refractivity contribution in [2.75, 3.05) is 12.8 Å². The Morgan fingerprint density at radius 2 is 1.94 bits per heavy atom. The number of benzene rings is 1. The van der Waals surface area contributed by atoms with Gasteiger partial charge in [-0.3, -0.25) is 4.99 Å². The minimum absolute atomic E-state index is 0.928. The molecule has 0 aromatic heterocycles. The zero-order valence-corrected chi connectivity index (χ0v) is 11.4. The highest BCUT2D eigenvalue weighted by Gasteiger charge is 2.04. The molecule has 1 aliphatic heterocycles. The van der Waals surface area contributed by atoms with Gasteiger partial charge in [-0.25, -0.2) is 0 Å². The van der Waals surface area contributed by atoms with E-state index in [0.29, 0.717) is 0 Å². The Bertz CT molecular complexity index is 429. The lowest BCUT2D eigenvalue weighted by Gasteiger charge is -2.03. The topological polar surface area (TPSA) is 12.4 Å². The Hall–Kier alpha value is -1.02. The third-order valence-electron chi connectivity index (χ3n) is 3.07. The first-order chi connectivity index (χ1) is 8.28. The molecule has 1 nitrogen and oxygen atoms in total. The van der Waals surface area contributed by atoms with Crippen LogP contribution in [0.15, 0.2) is 45.8 Å². The summed E-state index contributed by atoms with van der Waals surface area (Å²) < 4.78 is 0. The Morgan fingerprint density at radius 3 is 2.53 bits per heavy atom. The van der Waals surface area contributed by atoms with Gasteiger partial charge in [-0.1, -0.05) is 12.1 Å². The van der Waals surface area contributed by atoms with Gasteiger partial charge in [-0.05, 0) is 61.8 Å². The number of hydrogen-bond acceptors (Lipinski definition) is 2. The van der Waals surface area contributed by atoms with Crippen LogP contribution in [0.5, 0.6) is 0 Å². The molecular weight excluding hydrogens is 226 g/mol. The van der Waals surface area contributed by atoms with Crippen LogP contribution in [0.2, 0.25) is 0 Å². The molecule has 90 valence electrons. The lowest BCUT2D eigenvalue weighted by atomic mass is 10.0. The van der Waals surface area contributed by atoms with Crippen molar-refractivity contribution in [3.8, 4) is 0 Å². The summed E-state index contributed by atoms with van der Waals surface area (Å²) in [6.07, 6.45) is 7.93. The lowest BCUT2D eigenvalue weighted by Crippen LogP contribution is -1.89. The number of nitrogens with zero attached hydrogens (tertiary/aromatic N) is 1. The zero-order chi connectivity index (χ0) is 12.1. The summed E-state index contributed by atoms with van der Waals surface area (Å²) in [5.41, 5.74) is 4.12. The van der Waals surface area contributed by atoms with Gasteiger partial charge in [0.1, 0.15) is 0 Å². The number of aryl methyl sites for hydroxylation is 1. The van der Waals surface area contributed by atoms with E-state index in [-0.39, 0.29) is 0 Å². The van der Waals surface area contributed by atoms with Gasteiger partial charge in [-0.15, -0.1) is 11.8 Å². The molecule has 1 aromatic rings. The van der Waals surface area contributed by atoms with Crippen molar-refractivity contribution < 1.29 is 0 Å². The smallest absolute Gasteiger partial charge is 0.0606 e. The van der Waals surface area contributed by atoms with Crippen molar-refractivity contribution >= 4 is 17.5 Å². The lowest BCUT2D eigenvalue weighted by molar-refractivity contribution is 0.801. The van der Waals surface area contributed by atoms with Crippen LogP contribution in [0, 0.1) is 0 Å². The molecule has 0 atom stereocenters. The quantitative estimate of drug-likeness (QED) is 0.710. The van der Waals surface area contributed by atoms with Crippen LogP contribution in [-0.2, 0) is 6.42 Å². The number of thioether (sulfide) groups is 1. The molecule has 0 fully saturated rings. The maximum absolute atomic E-state index is 4.39. The van der Waals surface area contributed by atoms with Gasteiger partial charge in [0, 0.05) is 10.6 Å². The number of hydrogen-bond donors (Lipinski definition) is 0. The van der Waals surface area contributed by atoms with Gasteiger partial charge < -0.3 is 0 Å². The molecule has 1 aromatic carbocycles. The van der Waals surface area contributed by atoms with Crippen molar-refractivity contribution in [1.29, 1.82) is 0 Å². The molecule has 0 amide bonds. The van der Waals surface area contributed by atoms with Crippen LogP contribution in [0.4, 0.5) is 0 Å². The van der Waals surface area contributed by atoms with Crippen LogP contribution in [-0.4, -0.2) is 18.5 Å². The largest absolute Gasteiger partial charge is 0.286 e. The third-order valence-corrected chi connectivity index (χ3v) is 3.81. The predicted octanol–water partition coefficient (Wildman–Crippen LogP) is 4.13. The average molecular weight is 245 g/mol. The summed E-state index contributed by atoms with van der Waals surface area (Å²) in [6, 6.07) is 8.91. The Labute approximate surface area is 108 Å². The summed E-state index contributed by atoms with van der Waals surface area (Å²) in [7, 11) is 0. The molecule has 0 saturated carbocycles. The molecule has 0 unspecified atom stereocenters. The maximum Gasteiger partial charge on any atom is 0.0606 e. The highest BCUT2D eigenvalue weighted by Crippen LogP contribution is 2.18. The van der Waals surface area contributed by atoms with Crippen LogP contribution in [0.1, 0.15) is 25.3 Å². The minimum Gasteiger partial charge on any atom is -0.286 e. The Kier molecular flexibility index (Phi) is 4.43. The van der Waals surface area contributed by atoms with Gasteiger partial charge in [0.2, 0.25) is 0 Å². The van der Waals surface area contributed by atoms with Crippen LogP contribution in [0.3, 0.4) is 0 Å². The van der Waals surface area contributed by atoms with Gasteiger partial charge in [0.15, 0.2) is 0 Å². The summed E-state index contributed by atoms with van der Waals surface area (Å²) in [4.78, 5) is 5.73. The normalized spacial score (nSPS) is 14.7. The van der Waals surface area contributed by atoms with E-state index >= 15 is 0 Å². The van der Waals surface area contributed by atoms with Crippen molar-refractivity contribution in [1.82, 2.24) is 0 Å². The first kappa shape index (κ1) is 12.4. The molecule has 0 radical (unpaired) electrons. The minimum atomic E-state index is 0.928. The average Bonchev–Trinajstić information content (AvgIpc) is 2.76. The van der Waals surface area contributed by atoms with E-state index in [1.807, 2.05) is 0 Å². The van der Waals surface area contributed by atoms with E-state index in [0.717, 1.165) is 6.54 Å². The number of aliphatic imine (C=N–C) groups is 1. The van der Waals surface area contributed by atoms with Crippen LogP contribution < -0.4 is 0 Å². The molecule has 0 N–H and O–H groups in total. The third kappa shape index (κ3) is 3.74. The molecule has 0 spiro atoms. The van der Waals surface area contributed by atoms with E-state index in [1.54, 1.807) is 11.8 Å². The number of rotatable bonds is 5. The second-order valence-electron chi connectivity index (χ2n) is 4.46. The standard InChI is InChI=1S/C15H19NS/c1-12-10-14(11-16-12)5-3-4-13-6-8-15(17-2)9-7-13/h6-10H,3-5,11H2,1-2H3. The fraction of sp³-hybridized carbons (Fsp3) is 0.400. The first-order valence-electron chi connectivity index (χ1n) is 6.11. The molecule has 0 saturated heterocycles. The highest BCUT2D eigenvalue weighted by molar-refractivity contribution is 7.98. The van der Waals surface area contributed by atoms with E-state index in [4.69, 9.17) is 0 Å².